The smallest absolute Gasteiger partial charge is 0.338 e. The van der Waals surface area contributed by atoms with Gasteiger partial charge in [-0.05, 0) is 36.8 Å². The van der Waals surface area contributed by atoms with Gasteiger partial charge in [0, 0.05) is 6.07 Å². The van der Waals surface area contributed by atoms with E-state index in [9.17, 15) is 19.3 Å². The fourth-order valence-electron chi connectivity index (χ4n) is 1.99. The highest BCUT2D eigenvalue weighted by Gasteiger charge is 2.20. The minimum atomic E-state index is -0.715. The molecule has 120 valence electrons. The first-order valence-electron chi connectivity index (χ1n) is 6.71. The Bertz CT molecular complexity index is 730. The van der Waals surface area contributed by atoms with E-state index in [4.69, 9.17) is 9.47 Å². The van der Waals surface area contributed by atoms with Crippen molar-refractivity contribution in [2.24, 2.45) is 0 Å². The standard InChI is InChI=1S/C16H14FNO5/c1-10(11-3-6-13(17)7-4-11)23-16(19)12-5-8-15(22-2)14(9-12)18(20)21/h3-10H,1-2H3/t10-/m0/s1. The SMILES string of the molecule is COc1ccc(C(=O)O[C@@H](C)c2ccc(F)cc2)cc1[N+](=O)[O-]. The van der Waals surface area contributed by atoms with Crippen LogP contribution < -0.4 is 4.74 Å². The van der Waals surface area contributed by atoms with E-state index in [1.807, 2.05) is 0 Å². The number of rotatable bonds is 5. The summed E-state index contributed by atoms with van der Waals surface area (Å²) < 4.78 is 23.0. The highest BCUT2D eigenvalue weighted by Crippen LogP contribution is 2.28. The Morgan fingerprint density at radius 3 is 2.43 bits per heavy atom. The average molecular weight is 319 g/mol. The number of halogens is 1. The summed E-state index contributed by atoms with van der Waals surface area (Å²) in [5, 5.41) is 11.0. The maximum atomic E-state index is 12.9. The van der Waals surface area contributed by atoms with Crippen molar-refractivity contribution in [1.82, 2.24) is 0 Å². The molecule has 0 saturated carbocycles. The molecule has 0 aliphatic rings. The fraction of sp³-hybridized carbons (Fsp3) is 0.188. The van der Waals surface area contributed by atoms with E-state index in [-0.39, 0.29) is 17.0 Å². The Kier molecular flexibility index (Phi) is 4.90. The molecule has 0 amide bonds. The predicted octanol–water partition coefficient (Wildman–Crippen LogP) is 3.66. The van der Waals surface area contributed by atoms with Crippen LogP contribution in [0, 0.1) is 15.9 Å². The molecule has 1 atom stereocenters. The van der Waals surface area contributed by atoms with Gasteiger partial charge in [-0.3, -0.25) is 10.1 Å². The third-order valence-corrected chi connectivity index (χ3v) is 3.23. The van der Waals surface area contributed by atoms with Crippen molar-refractivity contribution < 1.29 is 23.6 Å². The van der Waals surface area contributed by atoms with Crippen molar-refractivity contribution in [3.63, 3.8) is 0 Å². The second-order valence-corrected chi connectivity index (χ2v) is 4.74. The number of hydrogen-bond acceptors (Lipinski definition) is 5. The van der Waals surface area contributed by atoms with Crippen LogP contribution in [0.2, 0.25) is 0 Å². The second-order valence-electron chi connectivity index (χ2n) is 4.74. The third kappa shape index (κ3) is 3.82. The number of benzene rings is 2. The normalized spacial score (nSPS) is 11.6. The van der Waals surface area contributed by atoms with Crippen LogP contribution in [0.3, 0.4) is 0 Å². The molecule has 0 fully saturated rings. The number of carbonyl (C=O) groups is 1. The zero-order valence-electron chi connectivity index (χ0n) is 12.5. The number of hydrogen-bond donors (Lipinski definition) is 0. The molecule has 2 rings (SSSR count). The molecule has 0 N–H and O–H groups in total. The lowest BCUT2D eigenvalue weighted by Gasteiger charge is -2.14. The first kappa shape index (κ1) is 16.4. The number of ether oxygens (including phenoxy) is 2. The molecule has 0 saturated heterocycles. The van der Waals surface area contributed by atoms with Gasteiger partial charge in [-0.2, -0.15) is 0 Å². The van der Waals surface area contributed by atoms with Crippen LogP contribution >= 0.6 is 0 Å². The molecular weight excluding hydrogens is 305 g/mol. The number of carbonyl (C=O) groups excluding carboxylic acids is 1. The van der Waals surface area contributed by atoms with Gasteiger partial charge in [-0.1, -0.05) is 12.1 Å². The number of esters is 1. The van der Waals surface area contributed by atoms with Crippen molar-refractivity contribution >= 4 is 11.7 Å². The Balaban J connectivity index is 2.18. The van der Waals surface area contributed by atoms with Crippen LogP contribution in [0.1, 0.15) is 28.9 Å². The molecule has 0 bridgehead atoms. The minimum Gasteiger partial charge on any atom is -0.490 e. The van der Waals surface area contributed by atoms with Crippen LogP contribution in [-0.2, 0) is 4.74 Å². The largest absolute Gasteiger partial charge is 0.490 e. The summed E-state index contributed by atoms with van der Waals surface area (Å²) in [6.07, 6.45) is -0.621. The van der Waals surface area contributed by atoms with Crippen LogP contribution in [0.4, 0.5) is 10.1 Å². The van der Waals surface area contributed by atoms with Gasteiger partial charge in [0.25, 0.3) is 0 Å². The van der Waals surface area contributed by atoms with Gasteiger partial charge in [-0.15, -0.1) is 0 Å². The summed E-state index contributed by atoms with van der Waals surface area (Å²) >= 11 is 0. The number of methoxy groups -OCH3 is 1. The van der Waals surface area contributed by atoms with Gasteiger partial charge in [0.1, 0.15) is 11.9 Å². The van der Waals surface area contributed by atoms with E-state index in [1.165, 1.54) is 43.5 Å². The molecule has 0 aromatic heterocycles. The maximum Gasteiger partial charge on any atom is 0.338 e. The molecule has 0 heterocycles. The van der Waals surface area contributed by atoms with E-state index in [0.29, 0.717) is 5.56 Å². The summed E-state index contributed by atoms with van der Waals surface area (Å²) in [5.41, 5.74) is 0.325. The number of nitro benzene ring substituents is 1. The quantitative estimate of drug-likeness (QED) is 0.477. The number of nitrogens with zero attached hydrogens (tertiary/aromatic N) is 1. The van der Waals surface area contributed by atoms with Crippen molar-refractivity contribution in [3.05, 3.63) is 69.5 Å². The molecule has 7 heteroatoms. The highest BCUT2D eigenvalue weighted by atomic mass is 19.1. The zero-order chi connectivity index (χ0) is 17.0. The lowest BCUT2D eigenvalue weighted by molar-refractivity contribution is -0.385. The molecule has 2 aromatic rings. The van der Waals surface area contributed by atoms with Gasteiger partial charge in [0.05, 0.1) is 17.6 Å². The Hall–Kier alpha value is -2.96. The topological polar surface area (TPSA) is 78.7 Å². The molecular formula is C16H14FNO5. The van der Waals surface area contributed by atoms with Crippen LogP contribution in [0.15, 0.2) is 42.5 Å². The summed E-state index contributed by atoms with van der Waals surface area (Å²) in [6.45, 7) is 1.63. The van der Waals surface area contributed by atoms with Crippen LogP contribution in [0.25, 0.3) is 0 Å². The summed E-state index contributed by atoms with van der Waals surface area (Å²) in [5.74, 6) is -1.05. The Morgan fingerprint density at radius 1 is 1.22 bits per heavy atom. The van der Waals surface area contributed by atoms with Gasteiger partial charge in [0.2, 0.25) is 0 Å². The third-order valence-electron chi connectivity index (χ3n) is 3.23. The zero-order valence-corrected chi connectivity index (χ0v) is 12.5. The second kappa shape index (κ2) is 6.87. The highest BCUT2D eigenvalue weighted by molar-refractivity contribution is 5.90. The molecule has 0 unspecified atom stereocenters. The van der Waals surface area contributed by atoms with Gasteiger partial charge >= 0.3 is 11.7 Å². The van der Waals surface area contributed by atoms with Crippen molar-refractivity contribution in [1.29, 1.82) is 0 Å². The Labute approximate surface area is 131 Å². The Morgan fingerprint density at radius 2 is 1.87 bits per heavy atom. The van der Waals surface area contributed by atoms with E-state index < -0.39 is 22.8 Å². The fourth-order valence-corrected chi connectivity index (χ4v) is 1.99. The molecule has 0 aliphatic carbocycles. The summed E-state index contributed by atoms with van der Waals surface area (Å²) in [7, 11) is 1.30. The lowest BCUT2D eigenvalue weighted by Crippen LogP contribution is -2.10. The van der Waals surface area contributed by atoms with E-state index >= 15 is 0 Å². The average Bonchev–Trinajstić information content (AvgIpc) is 2.54. The predicted molar refractivity (Wildman–Crippen MR) is 79.9 cm³/mol. The van der Waals surface area contributed by atoms with Crippen molar-refractivity contribution in [2.45, 2.75) is 13.0 Å². The van der Waals surface area contributed by atoms with E-state index in [1.54, 1.807) is 6.92 Å². The van der Waals surface area contributed by atoms with Gasteiger partial charge in [-0.25, -0.2) is 9.18 Å². The molecule has 6 nitrogen and oxygen atoms in total. The molecule has 0 aliphatic heterocycles. The molecule has 0 radical (unpaired) electrons. The number of nitro groups is 1. The summed E-state index contributed by atoms with van der Waals surface area (Å²) in [4.78, 5) is 22.4. The molecule has 23 heavy (non-hydrogen) atoms. The van der Waals surface area contributed by atoms with Crippen molar-refractivity contribution in [2.75, 3.05) is 7.11 Å². The monoisotopic (exact) mass is 319 g/mol. The van der Waals surface area contributed by atoms with Crippen LogP contribution in [-0.4, -0.2) is 18.0 Å². The van der Waals surface area contributed by atoms with Gasteiger partial charge in [0.15, 0.2) is 5.75 Å². The molecule has 0 spiro atoms. The first-order valence-corrected chi connectivity index (χ1v) is 6.71. The molecule has 2 aromatic carbocycles. The van der Waals surface area contributed by atoms with Gasteiger partial charge < -0.3 is 9.47 Å². The first-order chi connectivity index (χ1) is 10.9. The van der Waals surface area contributed by atoms with Crippen molar-refractivity contribution in [3.8, 4) is 5.75 Å². The van der Waals surface area contributed by atoms with E-state index in [0.717, 1.165) is 6.07 Å². The van der Waals surface area contributed by atoms with E-state index in [2.05, 4.69) is 0 Å². The summed E-state index contributed by atoms with van der Waals surface area (Å²) in [6, 6.07) is 9.34. The lowest BCUT2D eigenvalue weighted by atomic mass is 10.1. The van der Waals surface area contributed by atoms with Crippen LogP contribution in [0.5, 0.6) is 5.75 Å². The maximum absolute atomic E-state index is 12.9. The minimum absolute atomic E-state index is 0.0338.